The van der Waals surface area contributed by atoms with Gasteiger partial charge in [0.05, 0.1) is 0 Å². The Hall–Kier alpha value is -1.60. The summed E-state index contributed by atoms with van der Waals surface area (Å²) in [6.45, 7) is 6.36. The van der Waals surface area contributed by atoms with Crippen molar-refractivity contribution in [2.75, 3.05) is 12.4 Å². The van der Waals surface area contributed by atoms with E-state index in [9.17, 15) is 13.6 Å². The minimum absolute atomic E-state index is 0.0583. The molecule has 1 rings (SSSR count). The number of nitrogens with two attached hydrogens (primary N) is 1. The summed E-state index contributed by atoms with van der Waals surface area (Å²) in [6.07, 6.45) is -0.992. The van der Waals surface area contributed by atoms with Crippen molar-refractivity contribution in [3.63, 3.8) is 0 Å². The molecule has 1 aromatic rings. The summed E-state index contributed by atoms with van der Waals surface area (Å²) >= 11 is 1.81. The van der Waals surface area contributed by atoms with Crippen molar-refractivity contribution in [2.24, 2.45) is 5.84 Å². The van der Waals surface area contributed by atoms with Gasteiger partial charge in [-0.25, -0.2) is 14.6 Å². The van der Waals surface area contributed by atoms with Crippen LogP contribution in [0.4, 0.5) is 14.5 Å². The third-order valence-electron chi connectivity index (χ3n) is 3.68. The third kappa shape index (κ3) is 7.44. The SMILES string of the molecule is CCC(C)SC(C)c1ccccc1NC(=O)/C(=C/N(C)N)CC(F)F. The van der Waals surface area contributed by atoms with Crippen LogP contribution in [0.3, 0.4) is 0 Å². The van der Waals surface area contributed by atoms with Crippen LogP contribution in [-0.4, -0.2) is 29.6 Å². The van der Waals surface area contributed by atoms with E-state index in [1.807, 2.05) is 30.0 Å². The van der Waals surface area contributed by atoms with E-state index in [1.54, 1.807) is 6.07 Å². The number of hydrogen-bond acceptors (Lipinski definition) is 4. The number of hydrogen-bond donors (Lipinski definition) is 2. The molecule has 0 saturated carbocycles. The number of nitrogens with zero attached hydrogens (tertiary/aromatic N) is 1. The number of hydrazine groups is 1. The van der Waals surface area contributed by atoms with Gasteiger partial charge in [-0.2, -0.15) is 11.8 Å². The van der Waals surface area contributed by atoms with Crippen molar-refractivity contribution < 1.29 is 13.6 Å². The van der Waals surface area contributed by atoms with Gasteiger partial charge in [0.15, 0.2) is 0 Å². The minimum Gasteiger partial charge on any atom is -0.322 e. The Morgan fingerprint density at radius 1 is 1.36 bits per heavy atom. The number of carbonyl (C=O) groups is 1. The van der Waals surface area contributed by atoms with Crippen LogP contribution in [0.25, 0.3) is 0 Å². The summed E-state index contributed by atoms with van der Waals surface area (Å²) in [5.74, 6) is 4.91. The molecule has 0 bridgehead atoms. The fraction of sp³-hybridized carbons (Fsp3) is 0.500. The molecule has 0 fully saturated rings. The van der Waals surface area contributed by atoms with Crippen molar-refractivity contribution >= 4 is 23.4 Å². The standard InChI is InChI=1S/C18H27F2N3OS/c1-5-12(2)25-13(3)15-8-6-7-9-16(15)22-18(24)14(10-17(19)20)11-23(4)21/h6-9,11-13,17H,5,10,21H2,1-4H3,(H,22,24)/b14-11+. The number of benzene rings is 1. The molecule has 1 amide bonds. The van der Waals surface area contributed by atoms with E-state index >= 15 is 0 Å². The Balaban J connectivity index is 2.99. The fourth-order valence-electron chi connectivity index (χ4n) is 2.30. The van der Waals surface area contributed by atoms with E-state index in [0.29, 0.717) is 10.9 Å². The largest absolute Gasteiger partial charge is 0.322 e. The maximum absolute atomic E-state index is 12.7. The molecule has 0 spiro atoms. The summed E-state index contributed by atoms with van der Waals surface area (Å²) in [4.78, 5) is 12.4. The zero-order valence-corrected chi connectivity index (χ0v) is 15.9. The second kappa shape index (κ2) is 10.4. The highest BCUT2D eigenvalue weighted by molar-refractivity contribution is 8.00. The zero-order chi connectivity index (χ0) is 19.0. The number of anilines is 1. The molecule has 140 valence electrons. The summed E-state index contributed by atoms with van der Waals surface area (Å²) in [5.41, 5.74) is 1.55. The molecule has 3 N–H and O–H groups in total. The highest BCUT2D eigenvalue weighted by Gasteiger charge is 2.19. The Kier molecular flexibility index (Phi) is 8.92. The van der Waals surface area contributed by atoms with Crippen molar-refractivity contribution in [2.45, 2.75) is 50.5 Å². The van der Waals surface area contributed by atoms with Gasteiger partial charge in [0.25, 0.3) is 5.91 Å². The normalized spacial score (nSPS) is 14.3. The molecule has 2 atom stereocenters. The molecule has 1 aromatic carbocycles. The smallest absolute Gasteiger partial charge is 0.253 e. The quantitative estimate of drug-likeness (QED) is 0.379. The van der Waals surface area contributed by atoms with E-state index in [1.165, 1.54) is 13.2 Å². The van der Waals surface area contributed by atoms with Crippen LogP contribution in [-0.2, 0) is 4.79 Å². The number of alkyl halides is 2. The number of halogens is 2. The first kappa shape index (κ1) is 21.4. The summed E-state index contributed by atoms with van der Waals surface area (Å²) in [7, 11) is 1.48. The predicted octanol–water partition coefficient (Wildman–Crippen LogP) is 4.56. The lowest BCUT2D eigenvalue weighted by Gasteiger charge is -2.20. The van der Waals surface area contributed by atoms with Crippen LogP contribution in [0.5, 0.6) is 0 Å². The van der Waals surface area contributed by atoms with Crippen LogP contribution in [0.1, 0.15) is 44.4 Å². The first-order valence-corrected chi connectivity index (χ1v) is 9.20. The number of carbonyl (C=O) groups excluding carboxylic acids is 1. The lowest BCUT2D eigenvalue weighted by molar-refractivity contribution is -0.113. The molecule has 0 aliphatic carbocycles. The highest BCUT2D eigenvalue weighted by Crippen LogP contribution is 2.36. The van der Waals surface area contributed by atoms with Crippen molar-refractivity contribution in [3.8, 4) is 0 Å². The molecule has 25 heavy (non-hydrogen) atoms. The lowest BCUT2D eigenvalue weighted by Crippen LogP contribution is -2.24. The van der Waals surface area contributed by atoms with Crippen molar-refractivity contribution in [1.29, 1.82) is 0 Å². The molecule has 0 aliphatic heterocycles. The van der Waals surface area contributed by atoms with E-state index in [-0.39, 0.29) is 10.8 Å². The van der Waals surface area contributed by atoms with Gasteiger partial charge in [0.1, 0.15) is 0 Å². The Morgan fingerprint density at radius 2 is 2.00 bits per heavy atom. The average molecular weight is 371 g/mol. The van der Waals surface area contributed by atoms with Gasteiger partial charge < -0.3 is 10.3 Å². The number of nitrogens with one attached hydrogen (secondary N) is 1. The summed E-state index contributed by atoms with van der Waals surface area (Å²) in [5, 5.41) is 4.52. The average Bonchev–Trinajstić information content (AvgIpc) is 2.53. The van der Waals surface area contributed by atoms with Gasteiger partial charge in [-0.15, -0.1) is 0 Å². The van der Waals surface area contributed by atoms with E-state index in [0.717, 1.165) is 17.0 Å². The second-order valence-electron chi connectivity index (χ2n) is 5.95. The second-order valence-corrected chi connectivity index (χ2v) is 7.74. The maximum atomic E-state index is 12.7. The first-order chi connectivity index (χ1) is 11.7. The molecule has 0 aliphatic rings. The van der Waals surface area contributed by atoms with E-state index < -0.39 is 18.8 Å². The molecule has 2 unspecified atom stereocenters. The lowest BCUT2D eigenvalue weighted by atomic mass is 10.1. The van der Waals surface area contributed by atoms with Crippen LogP contribution in [0.2, 0.25) is 0 Å². The van der Waals surface area contributed by atoms with Crippen molar-refractivity contribution in [1.82, 2.24) is 5.01 Å². The molecule has 0 aromatic heterocycles. The molecule has 0 saturated heterocycles. The Bertz CT molecular complexity index is 593. The maximum Gasteiger partial charge on any atom is 0.253 e. The van der Waals surface area contributed by atoms with Crippen LogP contribution >= 0.6 is 11.8 Å². The minimum atomic E-state index is -2.62. The third-order valence-corrected chi connectivity index (χ3v) is 5.14. The number of rotatable bonds is 9. The van der Waals surface area contributed by atoms with Crippen LogP contribution < -0.4 is 11.2 Å². The van der Waals surface area contributed by atoms with Gasteiger partial charge >= 0.3 is 0 Å². The molecular formula is C18H27F2N3OS. The van der Waals surface area contributed by atoms with Crippen LogP contribution in [0.15, 0.2) is 36.0 Å². The molecule has 0 radical (unpaired) electrons. The number of thioether (sulfide) groups is 1. The van der Waals surface area contributed by atoms with Crippen molar-refractivity contribution in [3.05, 3.63) is 41.6 Å². The van der Waals surface area contributed by atoms with Gasteiger partial charge in [0, 0.05) is 41.4 Å². The molecule has 7 heteroatoms. The first-order valence-electron chi connectivity index (χ1n) is 8.26. The van der Waals surface area contributed by atoms with E-state index in [2.05, 4.69) is 26.1 Å². The summed E-state index contributed by atoms with van der Waals surface area (Å²) < 4.78 is 25.5. The predicted molar refractivity (Wildman–Crippen MR) is 101 cm³/mol. The number of amides is 1. The molecule has 4 nitrogen and oxygen atoms in total. The zero-order valence-electron chi connectivity index (χ0n) is 15.1. The van der Waals surface area contributed by atoms with Gasteiger partial charge in [-0.1, -0.05) is 32.0 Å². The number of para-hydroxylation sites is 1. The van der Waals surface area contributed by atoms with Gasteiger partial charge in [-0.05, 0) is 25.0 Å². The monoisotopic (exact) mass is 371 g/mol. The van der Waals surface area contributed by atoms with Gasteiger partial charge in [-0.3, -0.25) is 4.79 Å². The highest BCUT2D eigenvalue weighted by atomic mass is 32.2. The summed E-state index contributed by atoms with van der Waals surface area (Å²) in [6, 6.07) is 7.45. The topological polar surface area (TPSA) is 58.4 Å². The molecule has 0 heterocycles. The van der Waals surface area contributed by atoms with Crippen LogP contribution in [0, 0.1) is 0 Å². The van der Waals surface area contributed by atoms with E-state index in [4.69, 9.17) is 5.84 Å². The Labute approximate surface area is 152 Å². The Morgan fingerprint density at radius 3 is 2.56 bits per heavy atom. The fourth-order valence-corrected chi connectivity index (χ4v) is 3.54. The van der Waals surface area contributed by atoms with Gasteiger partial charge in [0.2, 0.25) is 6.43 Å². The molecular weight excluding hydrogens is 344 g/mol.